The summed E-state index contributed by atoms with van der Waals surface area (Å²) in [5.41, 5.74) is 2.69. The van der Waals surface area contributed by atoms with Gasteiger partial charge in [0.1, 0.15) is 11.0 Å². The number of halogens is 1. The number of nitrogens with zero attached hydrogens (tertiary/aromatic N) is 1. The van der Waals surface area contributed by atoms with Gasteiger partial charge in [0.15, 0.2) is 0 Å². The minimum absolute atomic E-state index is 0.519. The van der Waals surface area contributed by atoms with Gasteiger partial charge in [-0.25, -0.2) is 4.98 Å². The second-order valence-electron chi connectivity index (χ2n) is 3.95. The van der Waals surface area contributed by atoms with Gasteiger partial charge in [0.25, 0.3) is 0 Å². The van der Waals surface area contributed by atoms with Crippen molar-refractivity contribution >= 4 is 17.4 Å². The van der Waals surface area contributed by atoms with E-state index in [0.717, 1.165) is 18.8 Å². The fraction of sp³-hybridized carbons (Fsp3) is 0.214. The minimum atomic E-state index is 0.519. The number of aromatic nitrogens is 1. The first kappa shape index (κ1) is 11.9. The first-order valence-electron chi connectivity index (χ1n) is 5.66. The lowest BCUT2D eigenvalue weighted by Gasteiger charge is -2.07. The van der Waals surface area contributed by atoms with E-state index >= 15 is 0 Å². The van der Waals surface area contributed by atoms with Crippen molar-refractivity contribution in [3.8, 4) is 0 Å². The van der Waals surface area contributed by atoms with Crippen LogP contribution in [0.2, 0.25) is 5.15 Å². The van der Waals surface area contributed by atoms with E-state index in [9.17, 15) is 0 Å². The highest BCUT2D eigenvalue weighted by atomic mass is 35.5. The molecule has 0 fully saturated rings. The molecule has 0 amide bonds. The van der Waals surface area contributed by atoms with E-state index in [1.165, 1.54) is 11.1 Å². The van der Waals surface area contributed by atoms with Crippen LogP contribution in [-0.4, -0.2) is 11.5 Å². The normalized spacial score (nSPS) is 10.2. The second kappa shape index (κ2) is 5.69. The van der Waals surface area contributed by atoms with Gasteiger partial charge in [-0.15, -0.1) is 0 Å². The maximum atomic E-state index is 5.81. The molecule has 88 valence electrons. The molecular formula is C14H15ClN2. The predicted molar refractivity (Wildman–Crippen MR) is 72.6 cm³/mol. The molecule has 1 aromatic heterocycles. The van der Waals surface area contributed by atoms with E-state index in [-0.39, 0.29) is 0 Å². The first-order chi connectivity index (χ1) is 8.25. The molecule has 2 nitrogen and oxygen atoms in total. The molecule has 0 aliphatic heterocycles. The van der Waals surface area contributed by atoms with Crippen LogP contribution in [0.25, 0.3) is 0 Å². The van der Waals surface area contributed by atoms with Crippen LogP contribution in [0.1, 0.15) is 11.1 Å². The lowest BCUT2D eigenvalue weighted by molar-refractivity contribution is 0.994. The average molecular weight is 247 g/mol. The molecule has 0 aliphatic carbocycles. The van der Waals surface area contributed by atoms with Crippen LogP contribution in [0.4, 0.5) is 5.82 Å². The largest absolute Gasteiger partial charge is 0.370 e. The van der Waals surface area contributed by atoms with Crippen molar-refractivity contribution < 1.29 is 0 Å². The van der Waals surface area contributed by atoms with Crippen LogP contribution in [0.15, 0.2) is 42.5 Å². The van der Waals surface area contributed by atoms with Crippen LogP contribution in [0.3, 0.4) is 0 Å². The number of hydrogen-bond donors (Lipinski definition) is 1. The summed E-state index contributed by atoms with van der Waals surface area (Å²) in [7, 11) is 0. The van der Waals surface area contributed by atoms with Crippen molar-refractivity contribution in [3.05, 3.63) is 58.7 Å². The molecule has 2 aromatic rings. The summed E-state index contributed by atoms with van der Waals surface area (Å²) in [6.07, 6.45) is 0.987. The van der Waals surface area contributed by atoms with Gasteiger partial charge in [0.2, 0.25) is 0 Å². The standard InChI is InChI=1S/C14H15ClN2/c1-11-5-2-3-6-12(11)9-10-16-14-8-4-7-13(15)17-14/h2-8H,9-10H2,1H3,(H,16,17). The van der Waals surface area contributed by atoms with Gasteiger partial charge in [-0.1, -0.05) is 41.9 Å². The summed E-state index contributed by atoms with van der Waals surface area (Å²) in [5.74, 6) is 0.825. The highest BCUT2D eigenvalue weighted by Crippen LogP contribution is 2.11. The summed E-state index contributed by atoms with van der Waals surface area (Å²) in [6.45, 7) is 2.99. The number of anilines is 1. The molecule has 1 aromatic carbocycles. The fourth-order valence-electron chi connectivity index (χ4n) is 1.72. The third-order valence-electron chi connectivity index (χ3n) is 2.68. The quantitative estimate of drug-likeness (QED) is 0.833. The molecule has 0 saturated carbocycles. The van der Waals surface area contributed by atoms with E-state index in [1.54, 1.807) is 6.07 Å². The van der Waals surface area contributed by atoms with Crippen molar-refractivity contribution in [2.45, 2.75) is 13.3 Å². The molecule has 1 N–H and O–H groups in total. The fourth-order valence-corrected chi connectivity index (χ4v) is 1.89. The van der Waals surface area contributed by atoms with E-state index in [4.69, 9.17) is 11.6 Å². The lowest BCUT2D eigenvalue weighted by atomic mass is 10.1. The van der Waals surface area contributed by atoms with E-state index in [2.05, 4.69) is 41.5 Å². The Kier molecular flexibility index (Phi) is 3.99. The molecule has 0 spiro atoms. The van der Waals surface area contributed by atoms with Gasteiger partial charge in [0, 0.05) is 6.54 Å². The lowest BCUT2D eigenvalue weighted by Crippen LogP contribution is -2.06. The molecule has 0 saturated heterocycles. The molecule has 0 aliphatic rings. The van der Waals surface area contributed by atoms with Gasteiger partial charge in [-0.2, -0.15) is 0 Å². The van der Waals surface area contributed by atoms with Crippen molar-refractivity contribution in [2.75, 3.05) is 11.9 Å². The molecule has 17 heavy (non-hydrogen) atoms. The van der Waals surface area contributed by atoms with Crippen molar-refractivity contribution in [1.82, 2.24) is 4.98 Å². The number of nitrogens with one attached hydrogen (secondary N) is 1. The van der Waals surface area contributed by atoms with Crippen LogP contribution in [0, 0.1) is 6.92 Å². The predicted octanol–water partition coefficient (Wildman–Crippen LogP) is 3.70. The molecule has 0 atom stereocenters. The molecule has 2 rings (SSSR count). The van der Waals surface area contributed by atoms with E-state index < -0.39 is 0 Å². The Morgan fingerprint density at radius 1 is 1.12 bits per heavy atom. The van der Waals surface area contributed by atoms with Crippen LogP contribution in [-0.2, 0) is 6.42 Å². The molecular weight excluding hydrogens is 232 g/mol. The third kappa shape index (κ3) is 3.46. The van der Waals surface area contributed by atoms with Crippen molar-refractivity contribution in [1.29, 1.82) is 0 Å². The zero-order chi connectivity index (χ0) is 12.1. The summed E-state index contributed by atoms with van der Waals surface area (Å²) >= 11 is 5.81. The highest BCUT2D eigenvalue weighted by Gasteiger charge is 1.98. The van der Waals surface area contributed by atoms with Crippen LogP contribution >= 0.6 is 11.6 Å². The van der Waals surface area contributed by atoms with Gasteiger partial charge in [-0.05, 0) is 36.6 Å². The Labute approximate surface area is 107 Å². The van der Waals surface area contributed by atoms with Crippen LogP contribution < -0.4 is 5.32 Å². The summed E-state index contributed by atoms with van der Waals surface area (Å²) in [4.78, 5) is 4.18. The van der Waals surface area contributed by atoms with Gasteiger partial charge >= 0.3 is 0 Å². The molecule has 0 unspecified atom stereocenters. The summed E-state index contributed by atoms with van der Waals surface area (Å²) in [5, 5.41) is 3.78. The smallest absolute Gasteiger partial charge is 0.131 e. The monoisotopic (exact) mass is 246 g/mol. The molecule has 3 heteroatoms. The zero-order valence-electron chi connectivity index (χ0n) is 9.78. The Morgan fingerprint density at radius 3 is 2.71 bits per heavy atom. The summed E-state index contributed by atoms with van der Waals surface area (Å²) < 4.78 is 0. The maximum absolute atomic E-state index is 5.81. The van der Waals surface area contributed by atoms with Crippen molar-refractivity contribution in [2.24, 2.45) is 0 Å². The molecule has 0 radical (unpaired) electrons. The van der Waals surface area contributed by atoms with Gasteiger partial charge in [-0.3, -0.25) is 0 Å². The van der Waals surface area contributed by atoms with E-state index in [0.29, 0.717) is 5.15 Å². The SMILES string of the molecule is Cc1ccccc1CCNc1cccc(Cl)n1. The number of aryl methyl sites for hydroxylation is 1. The minimum Gasteiger partial charge on any atom is -0.370 e. The first-order valence-corrected chi connectivity index (χ1v) is 6.04. The number of rotatable bonds is 4. The Hall–Kier alpha value is -1.54. The number of pyridine rings is 1. The Morgan fingerprint density at radius 2 is 1.94 bits per heavy atom. The van der Waals surface area contributed by atoms with Gasteiger partial charge in [0.05, 0.1) is 0 Å². The zero-order valence-corrected chi connectivity index (χ0v) is 10.5. The third-order valence-corrected chi connectivity index (χ3v) is 2.89. The highest BCUT2D eigenvalue weighted by molar-refractivity contribution is 6.29. The Bertz CT molecular complexity index is 497. The van der Waals surface area contributed by atoms with E-state index in [1.807, 2.05) is 12.1 Å². The van der Waals surface area contributed by atoms with Crippen molar-refractivity contribution in [3.63, 3.8) is 0 Å². The number of hydrogen-bond acceptors (Lipinski definition) is 2. The Balaban J connectivity index is 1.90. The van der Waals surface area contributed by atoms with Crippen LogP contribution in [0.5, 0.6) is 0 Å². The number of benzene rings is 1. The average Bonchev–Trinajstić information content (AvgIpc) is 2.32. The second-order valence-corrected chi connectivity index (χ2v) is 4.34. The van der Waals surface area contributed by atoms with Gasteiger partial charge < -0.3 is 5.32 Å². The maximum Gasteiger partial charge on any atom is 0.131 e. The molecule has 0 bridgehead atoms. The summed E-state index contributed by atoms with van der Waals surface area (Å²) in [6, 6.07) is 14.0. The topological polar surface area (TPSA) is 24.9 Å². The molecule has 1 heterocycles.